The normalized spacial score (nSPS) is 27.7. The Kier molecular flexibility index (Phi) is 8.07. The van der Waals surface area contributed by atoms with Gasteiger partial charge in [0.2, 0.25) is 17.7 Å². The van der Waals surface area contributed by atoms with E-state index in [1.54, 1.807) is 11.9 Å². The quantitative estimate of drug-likeness (QED) is 0.400. The van der Waals surface area contributed by atoms with Crippen molar-refractivity contribution in [1.29, 1.82) is 0 Å². The number of rotatable bonds is 9. The van der Waals surface area contributed by atoms with Crippen LogP contribution < -0.4 is 10.6 Å². The molecule has 6 atom stereocenters. The van der Waals surface area contributed by atoms with Crippen LogP contribution in [0.4, 0.5) is 0 Å². The number of amides is 3. The van der Waals surface area contributed by atoms with E-state index in [0.29, 0.717) is 13.0 Å². The van der Waals surface area contributed by atoms with E-state index >= 15 is 0 Å². The lowest BCUT2D eigenvalue weighted by atomic mass is 9.70. The maximum absolute atomic E-state index is 13.8. The van der Waals surface area contributed by atoms with Crippen molar-refractivity contribution in [2.24, 2.45) is 23.7 Å². The van der Waals surface area contributed by atoms with Gasteiger partial charge >= 0.3 is 0 Å². The number of carbonyl (C=O) groups is 3. The number of carbonyl (C=O) groups excluding carboxylic acids is 3. The molecule has 0 saturated carbocycles. The van der Waals surface area contributed by atoms with Gasteiger partial charge in [0.1, 0.15) is 6.04 Å². The van der Waals surface area contributed by atoms with Crippen molar-refractivity contribution in [3.8, 4) is 0 Å². The van der Waals surface area contributed by atoms with Gasteiger partial charge in [-0.05, 0) is 24.3 Å². The van der Waals surface area contributed by atoms with Crippen LogP contribution in [-0.4, -0.2) is 60.0 Å². The summed E-state index contributed by atoms with van der Waals surface area (Å²) in [6, 6.07) is 8.33. The van der Waals surface area contributed by atoms with Gasteiger partial charge in [-0.2, -0.15) is 0 Å². The van der Waals surface area contributed by atoms with Crippen LogP contribution in [0.15, 0.2) is 42.5 Å². The third-order valence-electron chi connectivity index (χ3n) is 6.77. The summed E-state index contributed by atoms with van der Waals surface area (Å²) in [5.74, 6) is -2.35. The molecule has 1 aromatic rings. The van der Waals surface area contributed by atoms with Crippen molar-refractivity contribution >= 4 is 17.7 Å². The third kappa shape index (κ3) is 4.72. The fourth-order valence-electron chi connectivity index (χ4n) is 5.13. The first-order valence-electron chi connectivity index (χ1n) is 11.6. The molecule has 3 amide bonds. The van der Waals surface area contributed by atoms with Crippen LogP contribution >= 0.6 is 0 Å². The lowest BCUT2D eigenvalue weighted by Gasteiger charge is -2.33. The molecule has 174 valence electrons. The molecule has 1 saturated heterocycles. The van der Waals surface area contributed by atoms with Crippen LogP contribution in [0.1, 0.15) is 32.3 Å². The Hall–Kier alpha value is -2.67. The van der Waals surface area contributed by atoms with Crippen LogP contribution in [-0.2, 0) is 20.8 Å². The maximum atomic E-state index is 13.8. The number of nitrogens with one attached hydrogen (secondary N) is 2. The fraction of sp³-hybridized carbons (Fsp3) is 0.560. The molecule has 0 spiro atoms. The molecular formula is C25H35N3O4. The number of unbranched alkanes of at least 4 members (excludes halogenated alkanes) is 1. The Balaban J connectivity index is 1.98. The monoisotopic (exact) mass is 441 g/mol. The number of likely N-dealkylation sites (tertiary alicyclic amines) is 1. The first-order chi connectivity index (χ1) is 15.4. The van der Waals surface area contributed by atoms with Gasteiger partial charge in [-0.1, -0.05) is 62.8 Å². The molecule has 1 aliphatic carbocycles. The van der Waals surface area contributed by atoms with Crippen molar-refractivity contribution in [1.82, 2.24) is 15.5 Å². The van der Waals surface area contributed by atoms with Gasteiger partial charge in [0.05, 0.1) is 24.5 Å². The molecular weight excluding hydrogens is 406 g/mol. The second-order valence-electron chi connectivity index (χ2n) is 8.85. The Morgan fingerprint density at radius 1 is 1.16 bits per heavy atom. The second kappa shape index (κ2) is 10.8. The van der Waals surface area contributed by atoms with E-state index in [2.05, 4.69) is 17.6 Å². The summed E-state index contributed by atoms with van der Waals surface area (Å²) in [7, 11) is 1.57. The van der Waals surface area contributed by atoms with Gasteiger partial charge in [-0.25, -0.2) is 0 Å². The van der Waals surface area contributed by atoms with Crippen molar-refractivity contribution in [2.75, 3.05) is 20.2 Å². The number of aliphatic hydroxyl groups is 1. The third-order valence-corrected chi connectivity index (χ3v) is 6.77. The lowest BCUT2D eigenvalue weighted by Crippen LogP contribution is -2.53. The van der Waals surface area contributed by atoms with E-state index in [1.807, 2.05) is 49.4 Å². The van der Waals surface area contributed by atoms with E-state index < -0.39 is 29.8 Å². The van der Waals surface area contributed by atoms with E-state index in [0.717, 1.165) is 18.4 Å². The predicted molar refractivity (Wildman–Crippen MR) is 122 cm³/mol. The van der Waals surface area contributed by atoms with Crippen LogP contribution in [0.3, 0.4) is 0 Å². The topological polar surface area (TPSA) is 98.7 Å². The molecule has 7 nitrogen and oxygen atoms in total. The van der Waals surface area contributed by atoms with Gasteiger partial charge < -0.3 is 20.6 Å². The molecule has 0 unspecified atom stereocenters. The summed E-state index contributed by atoms with van der Waals surface area (Å²) in [4.78, 5) is 41.4. The Morgan fingerprint density at radius 2 is 1.88 bits per heavy atom. The minimum Gasteiger partial charge on any atom is -0.394 e. The molecule has 0 bridgehead atoms. The van der Waals surface area contributed by atoms with Gasteiger partial charge in [0, 0.05) is 19.5 Å². The maximum Gasteiger partial charge on any atom is 0.243 e. The molecule has 3 N–H and O–H groups in total. The van der Waals surface area contributed by atoms with Crippen LogP contribution in [0, 0.1) is 23.7 Å². The molecule has 1 aromatic carbocycles. The van der Waals surface area contributed by atoms with E-state index in [4.69, 9.17) is 0 Å². The molecule has 1 aliphatic heterocycles. The van der Waals surface area contributed by atoms with Crippen molar-refractivity contribution in [2.45, 2.75) is 45.2 Å². The Bertz CT molecular complexity index is 841. The zero-order chi connectivity index (χ0) is 23.3. The summed E-state index contributed by atoms with van der Waals surface area (Å²) in [5.41, 5.74) is 0.978. The first kappa shape index (κ1) is 24.0. The van der Waals surface area contributed by atoms with Crippen molar-refractivity contribution < 1.29 is 19.5 Å². The SMILES string of the molecule is CCCCNC(=O)[C@@H]1[C@H]2C=C[C@@H](C)[C@@H](C(=O)NC)[C@@H]2C(=O)N1[C@@H](CO)Cc1ccccc1. The highest BCUT2D eigenvalue weighted by Crippen LogP contribution is 2.44. The van der Waals surface area contributed by atoms with Crippen molar-refractivity contribution in [3.05, 3.63) is 48.0 Å². The molecule has 7 heteroatoms. The summed E-state index contributed by atoms with van der Waals surface area (Å²) in [5, 5.41) is 15.9. The zero-order valence-electron chi connectivity index (χ0n) is 19.2. The smallest absolute Gasteiger partial charge is 0.243 e. The fourth-order valence-corrected chi connectivity index (χ4v) is 5.13. The number of benzene rings is 1. The number of aliphatic hydroxyl groups excluding tert-OH is 1. The van der Waals surface area contributed by atoms with Gasteiger partial charge in [-0.3, -0.25) is 14.4 Å². The van der Waals surface area contributed by atoms with Gasteiger partial charge in [-0.15, -0.1) is 0 Å². The average Bonchev–Trinajstić information content (AvgIpc) is 3.10. The molecule has 3 rings (SSSR count). The predicted octanol–water partition coefficient (Wildman–Crippen LogP) is 1.52. The number of nitrogens with zero attached hydrogens (tertiary/aromatic N) is 1. The number of hydrogen-bond acceptors (Lipinski definition) is 4. The molecule has 0 aromatic heterocycles. The largest absolute Gasteiger partial charge is 0.394 e. The van der Waals surface area contributed by atoms with Crippen molar-refractivity contribution in [3.63, 3.8) is 0 Å². The number of allylic oxidation sites excluding steroid dienone is 1. The van der Waals surface area contributed by atoms with Crippen LogP contribution in [0.25, 0.3) is 0 Å². The molecule has 1 heterocycles. The van der Waals surface area contributed by atoms with Crippen LogP contribution in [0.2, 0.25) is 0 Å². The summed E-state index contributed by atoms with van der Waals surface area (Å²) in [6.45, 7) is 4.25. The molecule has 32 heavy (non-hydrogen) atoms. The lowest BCUT2D eigenvalue weighted by molar-refractivity contribution is -0.143. The summed E-state index contributed by atoms with van der Waals surface area (Å²) < 4.78 is 0. The molecule has 1 fully saturated rings. The Labute approximate surface area is 190 Å². The van der Waals surface area contributed by atoms with E-state index in [9.17, 15) is 19.5 Å². The van der Waals surface area contributed by atoms with E-state index in [-0.39, 0.29) is 30.2 Å². The minimum absolute atomic E-state index is 0.120. The highest BCUT2D eigenvalue weighted by Gasteiger charge is 2.57. The minimum atomic E-state index is -0.749. The zero-order valence-corrected chi connectivity index (χ0v) is 19.2. The number of fused-ring (bicyclic) bond motifs is 1. The van der Waals surface area contributed by atoms with Gasteiger partial charge in [0.25, 0.3) is 0 Å². The highest BCUT2D eigenvalue weighted by molar-refractivity contribution is 5.97. The van der Waals surface area contributed by atoms with Gasteiger partial charge in [0.15, 0.2) is 0 Å². The average molecular weight is 442 g/mol. The second-order valence-corrected chi connectivity index (χ2v) is 8.85. The molecule has 0 radical (unpaired) electrons. The first-order valence-corrected chi connectivity index (χ1v) is 11.6. The summed E-state index contributed by atoms with van der Waals surface area (Å²) in [6.07, 6.45) is 6.10. The standard InChI is InChI=1S/C25H35N3O4/c1-4-5-13-27-24(31)22-19-12-11-16(2)20(23(30)26-3)21(19)25(32)28(22)18(15-29)14-17-9-7-6-8-10-17/h6-12,16,18-22,29H,4-5,13-15H2,1-3H3,(H,26,30)(H,27,31)/t16-,18-,19+,20-,21-,22+/m1/s1. The highest BCUT2D eigenvalue weighted by atomic mass is 16.3. The summed E-state index contributed by atoms with van der Waals surface area (Å²) >= 11 is 0. The van der Waals surface area contributed by atoms with E-state index in [1.165, 1.54) is 0 Å². The Morgan fingerprint density at radius 3 is 2.50 bits per heavy atom. The van der Waals surface area contributed by atoms with Crippen LogP contribution in [0.5, 0.6) is 0 Å². The molecule has 2 aliphatic rings. The number of hydrogen-bond donors (Lipinski definition) is 3.